The number of thioether (sulfide) groups is 2. The number of nitro groups is 1. The molecule has 37 heavy (non-hydrogen) atoms. The Bertz CT molecular complexity index is 1110. The lowest BCUT2D eigenvalue weighted by Crippen LogP contribution is -2.63. The van der Waals surface area contributed by atoms with E-state index in [4.69, 9.17) is 9.47 Å². The summed E-state index contributed by atoms with van der Waals surface area (Å²) >= 11 is 3.11. The van der Waals surface area contributed by atoms with Gasteiger partial charge in [-0.3, -0.25) is 19.9 Å². The summed E-state index contributed by atoms with van der Waals surface area (Å²) in [7, 11) is 1.66. The maximum atomic E-state index is 13.3. The number of fused-ring (bicyclic) bond motifs is 1. The second kappa shape index (κ2) is 11.8. The van der Waals surface area contributed by atoms with Crippen molar-refractivity contribution >= 4 is 46.3 Å². The first-order valence-electron chi connectivity index (χ1n) is 11.9. The van der Waals surface area contributed by atoms with Crippen molar-refractivity contribution in [2.24, 2.45) is 16.8 Å². The Morgan fingerprint density at radius 3 is 2.70 bits per heavy atom. The number of esters is 1. The molecular weight excluding hydrogens is 520 g/mol. The number of nitrogens with one attached hydrogen (secondary N) is 1. The van der Waals surface area contributed by atoms with Gasteiger partial charge >= 0.3 is 5.97 Å². The number of rotatable bonds is 10. The number of nitrogens with zero attached hydrogens (tertiary/aromatic N) is 3. The lowest BCUT2D eigenvalue weighted by molar-refractivity contribution is -0.384. The monoisotopic (exact) mass is 550 g/mol. The van der Waals surface area contributed by atoms with Crippen molar-refractivity contribution in [2.45, 2.75) is 37.9 Å². The van der Waals surface area contributed by atoms with Crippen molar-refractivity contribution in [2.75, 3.05) is 32.6 Å². The molecule has 1 amide bonds. The Hall–Kier alpha value is -2.61. The van der Waals surface area contributed by atoms with Gasteiger partial charge in [-0.25, -0.2) is 4.79 Å². The quantitative estimate of drug-likeness (QED) is 0.146. The molecule has 1 saturated heterocycles. The molecule has 2 N–H and O–H groups in total. The van der Waals surface area contributed by atoms with Crippen LogP contribution in [0.15, 0.2) is 39.9 Å². The molecule has 0 spiro atoms. The first-order valence-corrected chi connectivity index (χ1v) is 13.8. The fourth-order valence-corrected chi connectivity index (χ4v) is 6.80. The molecule has 0 radical (unpaired) electrons. The zero-order valence-corrected chi connectivity index (χ0v) is 22.4. The number of ether oxygens (including phenoxy) is 2. The van der Waals surface area contributed by atoms with Gasteiger partial charge in [0.2, 0.25) is 5.91 Å². The minimum Gasteiger partial charge on any atom is -0.456 e. The van der Waals surface area contributed by atoms with Crippen molar-refractivity contribution in [3.8, 4) is 0 Å². The summed E-state index contributed by atoms with van der Waals surface area (Å²) in [6.45, 7) is 5.32. The third-order valence-corrected chi connectivity index (χ3v) is 8.94. The van der Waals surface area contributed by atoms with Crippen LogP contribution in [-0.2, 0) is 25.7 Å². The van der Waals surface area contributed by atoms with Crippen LogP contribution in [0.25, 0.3) is 0 Å². The highest BCUT2D eigenvalue weighted by atomic mass is 32.2. The van der Waals surface area contributed by atoms with Crippen LogP contribution in [0.5, 0.6) is 0 Å². The standard InChI is InChI=1S/C24H30N4O7S2/c1-13-19-18(14(2)29)22(30)27(19)20(23(31)35-12-15-4-6-16(7-5-15)28(32)33)21(13)37-17-10-25-24(26-11-17)36-9-8-34-3/h4-7,13-14,17-19,29H,8-12H2,1-3H3,(H,25,26)/t13-,14-,18-,19-/m1/s1. The van der Waals surface area contributed by atoms with Gasteiger partial charge in [0.25, 0.3) is 5.69 Å². The van der Waals surface area contributed by atoms with Crippen LogP contribution in [-0.4, -0.2) is 81.9 Å². The number of aliphatic hydroxyl groups is 1. The van der Waals surface area contributed by atoms with E-state index in [9.17, 15) is 24.8 Å². The Kier molecular flexibility index (Phi) is 8.78. The molecule has 0 aliphatic carbocycles. The maximum absolute atomic E-state index is 13.3. The molecule has 1 aromatic rings. The Morgan fingerprint density at radius 2 is 2.11 bits per heavy atom. The molecule has 0 aromatic heterocycles. The topological polar surface area (TPSA) is 144 Å². The molecule has 4 rings (SSSR count). The van der Waals surface area contributed by atoms with Crippen LogP contribution in [0.1, 0.15) is 19.4 Å². The second-order valence-electron chi connectivity index (χ2n) is 9.07. The van der Waals surface area contributed by atoms with Gasteiger partial charge in [0.15, 0.2) is 5.17 Å². The number of nitro benzene ring substituents is 1. The molecule has 200 valence electrons. The minimum absolute atomic E-state index is 0.0525. The average Bonchev–Trinajstić information content (AvgIpc) is 3.11. The van der Waals surface area contributed by atoms with Crippen LogP contribution in [0, 0.1) is 22.0 Å². The number of β-lactam (4-membered cyclic amide) rings is 1. The predicted molar refractivity (Wildman–Crippen MR) is 141 cm³/mol. The zero-order valence-electron chi connectivity index (χ0n) is 20.8. The van der Waals surface area contributed by atoms with Gasteiger partial charge in [-0.15, -0.1) is 11.8 Å². The summed E-state index contributed by atoms with van der Waals surface area (Å²) < 4.78 is 10.6. The van der Waals surface area contributed by atoms with Gasteiger partial charge in [-0.1, -0.05) is 18.7 Å². The third kappa shape index (κ3) is 5.79. The maximum Gasteiger partial charge on any atom is 0.356 e. The Labute approximate surface area is 223 Å². The van der Waals surface area contributed by atoms with Crippen LogP contribution >= 0.6 is 23.5 Å². The van der Waals surface area contributed by atoms with Crippen LogP contribution in [0.4, 0.5) is 5.69 Å². The molecule has 3 aliphatic rings. The highest BCUT2D eigenvalue weighted by Gasteiger charge is 2.60. The first-order chi connectivity index (χ1) is 17.7. The molecule has 0 bridgehead atoms. The van der Waals surface area contributed by atoms with Crippen LogP contribution in [0.2, 0.25) is 0 Å². The van der Waals surface area contributed by atoms with Gasteiger partial charge in [-0.2, -0.15) is 0 Å². The van der Waals surface area contributed by atoms with Gasteiger partial charge in [0.1, 0.15) is 12.3 Å². The van der Waals surface area contributed by atoms with Crippen molar-refractivity contribution in [3.63, 3.8) is 0 Å². The molecule has 3 aliphatic heterocycles. The van der Waals surface area contributed by atoms with Crippen LogP contribution in [0.3, 0.4) is 0 Å². The molecule has 3 heterocycles. The SMILES string of the molecule is COCCSC1=NCC(SC2=C(C(=O)OCc3ccc([N+](=O)[O-])cc3)N3C(=O)[C@H]([C@@H](C)O)[C@H]3[C@H]2C)CN1. The number of hydrogen-bond donors (Lipinski definition) is 2. The number of carbonyl (C=O) groups is 2. The summed E-state index contributed by atoms with van der Waals surface area (Å²) in [4.78, 5) is 43.4. The van der Waals surface area contributed by atoms with Gasteiger partial charge in [0.05, 0.1) is 36.1 Å². The van der Waals surface area contributed by atoms with Crippen molar-refractivity contribution < 1.29 is 29.1 Å². The van der Waals surface area contributed by atoms with Gasteiger partial charge in [-0.05, 0) is 24.6 Å². The molecule has 13 heteroatoms. The van der Waals surface area contributed by atoms with Crippen molar-refractivity contribution in [3.05, 3.63) is 50.5 Å². The first kappa shape index (κ1) is 27.4. The number of methoxy groups -OCH3 is 1. The fraction of sp³-hybridized carbons (Fsp3) is 0.542. The predicted octanol–water partition coefficient (Wildman–Crippen LogP) is 2.15. The number of amides is 1. The highest BCUT2D eigenvalue weighted by molar-refractivity contribution is 8.13. The highest BCUT2D eigenvalue weighted by Crippen LogP contribution is 2.51. The summed E-state index contributed by atoms with van der Waals surface area (Å²) in [6, 6.07) is 5.45. The number of non-ortho nitro benzene ring substituents is 1. The van der Waals surface area contributed by atoms with Crippen molar-refractivity contribution in [1.29, 1.82) is 0 Å². The normalized spacial score (nSPS) is 25.7. The number of hydrogen-bond acceptors (Lipinski definition) is 11. The minimum atomic E-state index is -0.828. The van der Waals surface area contributed by atoms with E-state index in [2.05, 4.69) is 10.3 Å². The van der Waals surface area contributed by atoms with E-state index in [1.165, 1.54) is 40.9 Å². The molecular formula is C24H30N4O7S2. The van der Waals surface area contributed by atoms with E-state index < -0.39 is 22.9 Å². The largest absolute Gasteiger partial charge is 0.456 e. The summed E-state index contributed by atoms with van der Waals surface area (Å²) in [5, 5.41) is 25.3. The molecule has 1 unspecified atom stereocenters. The van der Waals surface area contributed by atoms with Gasteiger partial charge < -0.3 is 24.8 Å². The zero-order chi connectivity index (χ0) is 26.7. The Balaban J connectivity index is 1.49. The van der Waals surface area contributed by atoms with Crippen LogP contribution < -0.4 is 5.32 Å². The number of benzene rings is 1. The number of carbonyl (C=O) groups excluding carboxylic acids is 2. The lowest BCUT2D eigenvalue weighted by atomic mass is 9.79. The number of aliphatic imine (C=N–C) groups is 1. The molecule has 1 fully saturated rings. The van der Waals surface area contributed by atoms with Gasteiger partial charge in [0, 0.05) is 47.6 Å². The number of amidine groups is 1. The van der Waals surface area contributed by atoms with E-state index in [1.54, 1.807) is 25.8 Å². The van der Waals surface area contributed by atoms with E-state index in [0.29, 0.717) is 25.3 Å². The van der Waals surface area contributed by atoms with E-state index >= 15 is 0 Å². The smallest absolute Gasteiger partial charge is 0.356 e. The fourth-order valence-electron chi connectivity index (χ4n) is 4.68. The lowest BCUT2D eigenvalue weighted by Gasteiger charge is -2.46. The summed E-state index contributed by atoms with van der Waals surface area (Å²) in [6.07, 6.45) is -0.828. The molecule has 11 nitrogen and oxygen atoms in total. The van der Waals surface area contributed by atoms with Crippen molar-refractivity contribution in [1.82, 2.24) is 10.2 Å². The van der Waals surface area contributed by atoms with E-state index in [0.717, 1.165) is 15.8 Å². The summed E-state index contributed by atoms with van der Waals surface area (Å²) in [5.74, 6) is -0.841. The third-order valence-electron chi connectivity index (χ3n) is 6.56. The van der Waals surface area contributed by atoms with E-state index in [1.807, 2.05) is 6.92 Å². The number of aliphatic hydroxyl groups excluding tert-OH is 1. The average molecular weight is 551 g/mol. The Morgan fingerprint density at radius 1 is 1.38 bits per heavy atom. The van der Waals surface area contributed by atoms with E-state index in [-0.39, 0.29) is 41.1 Å². The molecule has 1 aromatic carbocycles. The molecule has 0 saturated carbocycles. The summed E-state index contributed by atoms with van der Waals surface area (Å²) in [5.41, 5.74) is 0.760. The second-order valence-corrected chi connectivity index (χ2v) is 11.5. The molecule has 5 atom stereocenters.